The van der Waals surface area contributed by atoms with E-state index in [1.807, 2.05) is 13.0 Å². The number of hydrogen-bond donors (Lipinski definition) is 1. The van der Waals surface area contributed by atoms with Crippen molar-refractivity contribution in [2.45, 2.75) is 64.1 Å². The van der Waals surface area contributed by atoms with Crippen LogP contribution in [0.25, 0.3) is 0 Å². The van der Waals surface area contributed by atoms with E-state index in [1.54, 1.807) is 0 Å². The number of amides is 1. The van der Waals surface area contributed by atoms with Crippen molar-refractivity contribution in [3.63, 3.8) is 0 Å². The second-order valence-corrected chi connectivity index (χ2v) is 6.53. The van der Waals surface area contributed by atoms with Crippen LogP contribution < -0.4 is 10.1 Å². The highest BCUT2D eigenvalue weighted by molar-refractivity contribution is 5.81. The van der Waals surface area contributed by atoms with Crippen LogP contribution in [-0.2, 0) is 22.4 Å². The van der Waals surface area contributed by atoms with Gasteiger partial charge in [-0.3, -0.25) is 4.79 Å². The highest BCUT2D eigenvalue weighted by atomic mass is 16.5. The van der Waals surface area contributed by atoms with Crippen molar-refractivity contribution in [2.24, 2.45) is 0 Å². The Balaban J connectivity index is 1.56. The van der Waals surface area contributed by atoms with Crippen LogP contribution in [0.3, 0.4) is 0 Å². The van der Waals surface area contributed by atoms with Crippen molar-refractivity contribution in [1.82, 2.24) is 5.32 Å². The maximum Gasteiger partial charge on any atom is 0.261 e. The molecule has 1 N–H and O–H groups in total. The van der Waals surface area contributed by atoms with Crippen molar-refractivity contribution < 1.29 is 14.3 Å². The van der Waals surface area contributed by atoms with E-state index in [0.717, 1.165) is 38.0 Å². The second-order valence-electron chi connectivity index (χ2n) is 6.53. The van der Waals surface area contributed by atoms with E-state index in [0.29, 0.717) is 13.0 Å². The Morgan fingerprint density at radius 2 is 2.13 bits per heavy atom. The highest BCUT2D eigenvalue weighted by Crippen LogP contribution is 2.26. The molecule has 1 aliphatic carbocycles. The van der Waals surface area contributed by atoms with Gasteiger partial charge in [-0.2, -0.15) is 0 Å². The lowest BCUT2D eigenvalue weighted by Gasteiger charge is -2.21. The van der Waals surface area contributed by atoms with Gasteiger partial charge in [0.25, 0.3) is 5.91 Å². The van der Waals surface area contributed by atoms with Gasteiger partial charge in [0.15, 0.2) is 6.10 Å². The molecule has 0 spiro atoms. The number of carbonyl (C=O) groups is 1. The lowest BCUT2D eigenvalue weighted by molar-refractivity contribution is -0.128. The molecule has 0 radical (unpaired) electrons. The van der Waals surface area contributed by atoms with Gasteiger partial charge in [-0.05, 0) is 68.2 Å². The van der Waals surface area contributed by atoms with E-state index >= 15 is 0 Å². The summed E-state index contributed by atoms with van der Waals surface area (Å²) in [5.41, 5.74) is 2.81. The van der Waals surface area contributed by atoms with Gasteiger partial charge in [-0.1, -0.05) is 13.0 Å². The molecule has 1 aromatic rings. The van der Waals surface area contributed by atoms with Crippen molar-refractivity contribution in [1.29, 1.82) is 0 Å². The normalized spacial score (nSPS) is 21.5. The van der Waals surface area contributed by atoms with E-state index in [9.17, 15) is 4.79 Å². The molecule has 1 saturated heterocycles. The molecule has 2 atom stereocenters. The van der Waals surface area contributed by atoms with E-state index in [1.165, 1.54) is 24.0 Å². The fourth-order valence-corrected chi connectivity index (χ4v) is 3.40. The number of benzene rings is 1. The minimum Gasteiger partial charge on any atom is -0.481 e. The summed E-state index contributed by atoms with van der Waals surface area (Å²) in [4.78, 5) is 12.3. The molecule has 1 aliphatic heterocycles. The quantitative estimate of drug-likeness (QED) is 0.877. The van der Waals surface area contributed by atoms with Crippen molar-refractivity contribution in [2.75, 3.05) is 13.2 Å². The molecule has 0 bridgehead atoms. The van der Waals surface area contributed by atoms with Gasteiger partial charge < -0.3 is 14.8 Å². The molecule has 0 unspecified atom stereocenters. The number of fused-ring (bicyclic) bond motifs is 1. The molecule has 1 aromatic carbocycles. The van der Waals surface area contributed by atoms with E-state index < -0.39 is 6.10 Å². The molecule has 1 fully saturated rings. The monoisotopic (exact) mass is 317 g/mol. The van der Waals surface area contributed by atoms with Crippen LogP contribution in [0.15, 0.2) is 18.2 Å². The molecule has 23 heavy (non-hydrogen) atoms. The predicted octanol–water partition coefficient (Wildman–Crippen LogP) is 3.02. The second kappa shape index (κ2) is 7.82. The zero-order valence-electron chi connectivity index (χ0n) is 14.0. The Bertz CT molecular complexity index is 537. The molecule has 4 nitrogen and oxygen atoms in total. The Labute approximate surface area is 138 Å². The number of hydrogen-bond acceptors (Lipinski definition) is 3. The van der Waals surface area contributed by atoms with Crippen LogP contribution in [-0.4, -0.2) is 31.3 Å². The van der Waals surface area contributed by atoms with Crippen LogP contribution in [0.5, 0.6) is 5.75 Å². The average molecular weight is 317 g/mol. The summed E-state index contributed by atoms with van der Waals surface area (Å²) in [5, 5.41) is 2.97. The van der Waals surface area contributed by atoms with E-state index in [-0.39, 0.29) is 12.0 Å². The van der Waals surface area contributed by atoms with Crippen molar-refractivity contribution in [3.8, 4) is 5.75 Å². The molecule has 0 aromatic heterocycles. The Morgan fingerprint density at radius 3 is 2.87 bits per heavy atom. The minimum absolute atomic E-state index is 0.0410. The first kappa shape index (κ1) is 16.3. The molecular formula is C19H27NO3. The molecule has 1 amide bonds. The smallest absolute Gasteiger partial charge is 0.261 e. The standard InChI is InChI=1S/C19H27NO3/c1-2-18(19(21)20-13-17-8-5-11-22-17)23-16-10-9-14-6-3-4-7-15(14)12-16/h9-10,12,17-18H,2-8,11,13H2,1H3,(H,20,21)/t17-,18-/m0/s1. The van der Waals surface area contributed by atoms with Gasteiger partial charge in [0.05, 0.1) is 6.10 Å². The van der Waals surface area contributed by atoms with Crippen LogP contribution in [0, 0.1) is 0 Å². The lowest BCUT2D eigenvalue weighted by Crippen LogP contribution is -2.41. The third-order valence-electron chi connectivity index (χ3n) is 4.79. The Hall–Kier alpha value is -1.55. The van der Waals surface area contributed by atoms with Crippen molar-refractivity contribution in [3.05, 3.63) is 29.3 Å². The molecule has 126 valence electrons. The first-order chi connectivity index (χ1) is 11.3. The fraction of sp³-hybridized carbons (Fsp3) is 0.632. The lowest BCUT2D eigenvalue weighted by atomic mass is 9.92. The van der Waals surface area contributed by atoms with Gasteiger partial charge in [0.2, 0.25) is 0 Å². The molecule has 4 heteroatoms. The number of aryl methyl sites for hydroxylation is 2. The first-order valence-electron chi connectivity index (χ1n) is 8.94. The third kappa shape index (κ3) is 4.25. The molecular weight excluding hydrogens is 290 g/mol. The number of rotatable bonds is 6. The maximum atomic E-state index is 12.3. The van der Waals surface area contributed by atoms with Gasteiger partial charge in [-0.15, -0.1) is 0 Å². The van der Waals surface area contributed by atoms with Gasteiger partial charge >= 0.3 is 0 Å². The summed E-state index contributed by atoms with van der Waals surface area (Å²) in [6.45, 7) is 3.38. The Morgan fingerprint density at radius 1 is 1.30 bits per heavy atom. The van der Waals surface area contributed by atoms with Crippen LogP contribution in [0.1, 0.15) is 50.2 Å². The molecule has 2 aliphatic rings. The number of nitrogens with one attached hydrogen (secondary N) is 1. The van der Waals surface area contributed by atoms with Gasteiger partial charge in [-0.25, -0.2) is 0 Å². The van der Waals surface area contributed by atoms with Crippen LogP contribution in [0.4, 0.5) is 0 Å². The van der Waals surface area contributed by atoms with E-state index in [4.69, 9.17) is 9.47 Å². The summed E-state index contributed by atoms with van der Waals surface area (Å²) in [6.07, 6.45) is 7.31. The third-order valence-corrected chi connectivity index (χ3v) is 4.79. The maximum absolute atomic E-state index is 12.3. The Kier molecular flexibility index (Phi) is 5.55. The number of ether oxygens (including phenoxy) is 2. The largest absolute Gasteiger partial charge is 0.481 e. The summed E-state index contributed by atoms with van der Waals surface area (Å²) >= 11 is 0. The van der Waals surface area contributed by atoms with Gasteiger partial charge in [0, 0.05) is 13.2 Å². The minimum atomic E-state index is -0.432. The summed E-state index contributed by atoms with van der Waals surface area (Å²) in [7, 11) is 0. The zero-order valence-corrected chi connectivity index (χ0v) is 14.0. The van der Waals surface area contributed by atoms with Gasteiger partial charge in [0.1, 0.15) is 5.75 Å². The summed E-state index contributed by atoms with van der Waals surface area (Å²) in [5.74, 6) is 0.769. The van der Waals surface area contributed by atoms with Crippen LogP contribution >= 0.6 is 0 Å². The summed E-state index contributed by atoms with van der Waals surface area (Å²) in [6, 6.07) is 6.27. The summed E-state index contributed by atoms with van der Waals surface area (Å²) < 4.78 is 11.5. The molecule has 0 saturated carbocycles. The van der Waals surface area contributed by atoms with E-state index in [2.05, 4.69) is 17.4 Å². The average Bonchev–Trinajstić information content (AvgIpc) is 3.11. The predicted molar refractivity (Wildman–Crippen MR) is 89.8 cm³/mol. The topological polar surface area (TPSA) is 47.6 Å². The fourth-order valence-electron chi connectivity index (χ4n) is 3.40. The molecule has 1 heterocycles. The number of carbonyl (C=O) groups excluding carboxylic acids is 1. The first-order valence-corrected chi connectivity index (χ1v) is 8.94. The zero-order chi connectivity index (χ0) is 16.1. The van der Waals surface area contributed by atoms with Crippen molar-refractivity contribution >= 4 is 5.91 Å². The SMILES string of the molecule is CC[C@H](Oc1ccc2c(c1)CCCC2)C(=O)NC[C@@H]1CCCO1. The molecule has 3 rings (SSSR count). The highest BCUT2D eigenvalue weighted by Gasteiger charge is 2.22. The van der Waals surface area contributed by atoms with Crippen LogP contribution in [0.2, 0.25) is 0 Å².